The number of ether oxygens (including phenoxy) is 1. The van der Waals surface area contributed by atoms with Gasteiger partial charge in [-0.1, -0.05) is 25.0 Å². The van der Waals surface area contributed by atoms with Gasteiger partial charge in [0.15, 0.2) is 0 Å². The molecule has 5 nitrogen and oxygen atoms in total. The maximum atomic E-state index is 12.1. The van der Waals surface area contributed by atoms with E-state index >= 15 is 0 Å². The van der Waals surface area contributed by atoms with Crippen LogP contribution in [0.1, 0.15) is 44.6 Å². The van der Waals surface area contributed by atoms with E-state index in [0.717, 1.165) is 25.1 Å². The average molecular weight is 355 g/mol. The third-order valence-electron chi connectivity index (χ3n) is 4.50. The zero-order chi connectivity index (χ0) is 18.6. The molecule has 1 N–H and O–H groups in total. The van der Waals surface area contributed by atoms with Crippen molar-refractivity contribution in [2.24, 2.45) is 0 Å². The second-order valence-corrected chi connectivity index (χ2v) is 6.47. The molecular weight excluding hydrogens is 326 g/mol. The molecule has 2 rings (SSSR count). The Morgan fingerprint density at radius 2 is 1.92 bits per heavy atom. The minimum atomic E-state index is -0.333. The van der Waals surface area contributed by atoms with Crippen molar-refractivity contribution in [2.45, 2.75) is 39.0 Å². The van der Waals surface area contributed by atoms with Crippen LogP contribution in [0.25, 0.3) is 6.08 Å². The molecule has 1 heterocycles. The van der Waals surface area contributed by atoms with Crippen molar-refractivity contribution in [1.29, 1.82) is 5.26 Å². The molecule has 0 saturated carbocycles. The normalized spacial score (nSPS) is 15.2. The van der Waals surface area contributed by atoms with Crippen molar-refractivity contribution >= 4 is 17.7 Å². The molecule has 1 amide bonds. The lowest BCUT2D eigenvalue weighted by Crippen LogP contribution is -2.26. The smallest absolute Gasteiger partial charge is 0.261 e. The number of rotatable bonds is 8. The molecule has 5 heteroatoms. The Labute approximate surface area is 156 Å². The summed E-state index contributed by atoms with van der Waals surface area (Å²) < 4.78 is 5.23. The van der Waals surface area contributed by atoms with Crippen LogP contribution in [0.5, 0.6) is 0 Å². The highest BCUT2D eigenvalue weighted by molar-refractivity contribution is 6.01. The summed E-state index contributed by atoms with van der Waals surface area (Å²) in [6, 6.07) is 10.1. The maximum absolute atomic E-state index is 12.1. The van der Waals surface area contributed by atoms with Crippen LogP contribution in [-0.2, 0) is 9.53 Å². The molecule has 1 saturated heterocycles. The monoisotopic (exact) mass is 355 g/mol. The summed E-state index contributed by atoms with van der Waals surface area (Å²) in [5.41, 5.74) is 2.21. The highest BCUT2D eigenvalue weighted by Gasteiger charge is 2.11. The van der Waals surface area contributed by atoms with Crippen LogP contribution in [0, 0.1) is 11.3 Å². The molecule has 0 radical (unpaired) electrons. The van der Waals surface area contributed by atoms with Gasteiger partial charge in [0.2, 0.25) is 0 Å². The van der Waals surface area contributed by atoms with Gasteiger partial charge in [-0.05, 0) is 50.0 Å². The van der Waals surface area contributed by atoms with Crippen LogP contribution < -0.4 is 10.2 Å². The average Bonchev–Trinajstić information content (AvgIpc) is 2.95. The minimum Gasteiger partial charge on any atom is -0.382 e. The fraction of sp³-hybridized carbons (Fsp3) is 0.524. The number of nitriles is 1. The van der Waals surface area contributed by atoms with Gasteiger partial charge in [0.05, 0.1) is 0 Å². The van der Waals surface area contributed by atoms with Gasteiger partial charge in [-0.25, -0.2) is 0 Å². The second kappa shape index (κ2) is 11.3. The number of carbonyl (C=O) groups excluding carboxylic acids is 1. The summed E-state index contributed by atoms with van der Waals surface area (Å²) in [6.07, 6.45) is 7.48. The Morgan fingerprint density at radius 3 is 2.54 bits per heavy atom. The standard InChI is InChI=1S/C21H29N3O2/c1-2-26-15-7-12-23-21(25)19(17-22)16-18-8-10-20(11-9-18)24-13-5-3-4-6-14-24/h8-11,16H,2-7,12-15H2,1H3,(H,23,25)/b19-16+. The molecule has 1 aromatic carbocycles. The van der Waals surface area contributed by atoms with Gasteiger partial charge in [0, 0.05) is 38.5 Å². The number of nitrogens with zero attached hydrogens (tertiary/aromatic N) is 2. The number of anilines is 1. The lowest BCUT2D eigenvalue weighted by molar-refractivity contribution is -0.117. The first-order chi connectivity index (χ1) is 12.7. The first-order valence-corrected chi connectivity index (χ1v) is 9.57. The number of hydrogen-bond donors (Lipinski definition) is 1. The van der Waals surface area contributed by atoms with E-state index in [-0.39, 0.29) is 11.5 Å². The van der Waals surface area contributed by atoms with Crippen molar-refractivity contribution < 1.29 is 9.53 Å². The van der Waals surface area contributed by atoms with E-state index in [1.807, 2.05) is 25.1 Å². The molecule has 1 fully saturated rings. The Hall–Kier alpha value is -2.32. The zero-order valence-corrected chi connectivity index (χ0v) is 15.7. The van der Waals surface area contributed by atoms with Crippen molar-refractivity contribution in [3.63, 3.8) is 0 Å². The van der Waals surface area contributed by atoms with Gasteiger partial charge in [-0.15, -0.1) is 0 Å². The van der Waals surface area contributed by atoms with Crippen molar-refractivity contribution in [3.05, 3.63) is 35.4 Å². The van der Waals surface area contributed by atoms with E-state index in [2.05, 4.69) is 22.3 Å². The van der Waals surface area contributed by atoms with Crippen molar-refractivity contribution in [1.82, 2.24) is 5.32 Å². The first-order valence-electron chi connectivity index (χ1n) is 9.57. The molecule has 1 aliphatic rings. The van der Waals surface area contributed by atoms with Gasteiger partial charge in [0.25, 0.3) is 5.91 Å². The fourth-order valence-electron chi connectivity index (χ4n) is 3.04. The van der Waals surface area contributed by atoms with Crippen molar-refractivity contribution in [3.8, 4) is 6.07 Å². The number of amides is 1. The SMILES string of the molecule is CCOCCCNC(=O)/C(C#N)=C/c1ccc(N2CCCCCC2)cc1. The second-order valence-electron chi connectivity index (χ2n) is 6.47. The molecular formula is C21H29N3O2. The van der Waals surface area contributed by atoms with E-state index < -0.39 is 0 Å². The van der Waals surface area contributed by atoms with Crippen LogP contribution in [0.3, 0.4) is 0 Å². The number of carbonyl (C=O) groups is 1. The Morgan fingerprint density at radius 1 is 1.23 bits per heavy atom. The summed E-state index contributed by atoms with van der Waals surface area (Å²) in [6.45, 7) is 5.93. The number of nitrogens with one attached hydrogen (secondary N) is 1. The van der Waals surface area contributed by atoms with Gasteiger partial charge in [0.1, 0.15) is 11.6 Å². The molecule has 0 bridgehead atoms. The predicted molar refractivity (Wildman–Crippen MR) is 105 cm³/mol. The third kappa shape index (κ3) is 6.53. The summed E-state index contributed by atoms with van der Waals surface area (Å²) >= 11 is 0. The van der Waals surface area contributed by atoms with Gasteiger partial charge in [-0.3, -0.25) is 4.79 Å². The van der Waals surface area contributed by atoms with Crippen LogP contribution >= 0.6 is 0 Å². The van der Waals surface area contributed by atoms with Crippen LogP contribution in [0.15, 0.2) is 29.8 Å². The Balaban J connectivity index is 1.93. The van der Waals surface area contributed by atoms with E-state index in [1.165, 1.54) is 31.4 Å². The molecule has 140 valence electrons. The molecule has 0 spiro atoms. The maximum Gasteiger partial charge on any atom is 0.261 e. The third-order valence-corrected chi connectivity index (χ3v) is 4.50. The van der Waals surface area contributed by atoms with Crippen LogP contribution in [0.4, 0.5) is 5.69 Å². The molecule has 0 atom stereocenters. The lowest BCUT2D eigenvalue weighted by Gasteiger charge is -2.22. The zero-order valence-electron chi connectivity index (χ0n) is 15.7. The Kier molecular flexibility index (Phi) is 8.71. The topological polar surface area (TPSA) is 65.4 Å². The predicted octanol–water partition coefficient (Wildman–Crippen LogP) is 3.52. The number of benzene rings is 1. The van der Waals surface area contributed by atoms with Gasteiger partial charge in [-0.2, -0.15) is 5.26 Å². The van der Waals surface area contributed by atoms with E-state index in [9.17, 15) is 10.1 Å². The largest absolute Gasteiger partial charge is 0.382 e. The lowest BCUT2D eigenvalue weighted by atomic mass is 10.1. The first kappa shape index (κ1) is 20.0. The fourth-order valence-corrected chi connectivity index (χ4v) is 3.04. The van der Waals surface area contributed by atoms with Crippen molar-refractivity contribution in [2.75, 3.05) is 37.7 Å². The highest BCUT2D eigenvalue weighted by atomic mass is 16.5. The summed E-state index contributed by atoms with van der Waals surface area (Å²) in [5.74, 6) is -0.333. The van der Waals surface area contributed by atoms with Gasteiger partial charge >= 0.3 is 0 Å². The molecule has 1 aromatic rings. The summed E-state index contributed by atoms with van der Waals surface area (Å²) in [4.78, 5) is 14.5. The molecule has 26 heavy (non-hydrogen) atoms. The molecule has 0 aliphatic carbocycles. The van der Waals surface area contributed by atoms with E-state index in [0.29, 0.717) is 19.8 Å². The molecule has 0 aromatic heterocycles. The highest BCUT2D eigenvalue weighted by Crippen LogP contribution is 2.20. The van der Waals surface area contributed by atoms with Crippen LogP contribution in [-0.4, -0.2) is 38.8 Å². The Bertz CT molecular complexity index is 624. The summed E-state index contributed by atoms with van der Waals surface area (Å²) in [7, 11) is 0. The van der Waals surface area contributed by atoms with E-state index in [4.69, 9.17) is 4.74 Å². The quantitative estimate of drug-likeness (QED) is 0.440. The summed E-state index contributed by atoms with van der Waals surface area (Å²) in [5, 5.41) is 12.0. The minimum absolute atomic E-state index is 0.129. The van der Waals surface area contributed by atoms with Gasteiger partial charge < -0.3 is 15.0 Å². The van der Waals surface area contributed by atoms with E-state index in [1.54, 1.807) is 6.08 Å². The molecule has 1 aliphatic heterocycles. The number of hydrogen-bond acceptors (Lipinski definition) is 4. The molecule has 0 unspecified atom stereocenters. The van der Waals surface area contributed by atoms with Crippen LogP contribution in [0.2, 0.25) is 0 Å².